The molecule has 0 amide bonds. The van der Waals surface area contributed by atoms with Gasteiger partial charge in [0.1, 0.15) is 16.5 Å². The van der Waals surface area contributed by atoms with Crippen molar-refractivity contribution in [3.05, 3.63) is 121 Å². The number of pyridine rings is 1. The molecule has 4 aromatic carbocycles. The van der Waals surface area contributed by atoms with Gasteiger partial charge in [-0.2, -0.15) is 0 Å². The second kappa shape index (κ2) is 11.8. The van der Waals surface area contributed by atoms with Gasteiger partial charge in [0.2, 0.25) is 0 Å². The van der Waals surface area contributed by atoms with Crippen LogP contribution in [0.1, 0.15) is 50.7 Å². The second-order valence-corrected chi connectivity index (χ2v) is 12.2. The van der Waals surface area contributed by atoms with Gasteiger partial charge in [0.05, 0.1) is 17.6 Å². The number of phenols is 1. The summed E-state index contributed by atoms with van der Waals surface area (Å²) >= 11 is 1.64. The molecule has 208 valence electrons. The molecule has 0 aliphatic carbocycles. The first kappa shape index (κ1) is 27.7. The topological polar surface area (TPSA) is 58.9 Å². The highest BCUT2D eigenvalue weighted by Gasteiger charge is 2.21. The molecular weight excluding hydrogens is 534 g/mol. The molecule has 0 aliphatic rings. The van der Waals surface area contributed by atoms with Crippen LogP contribution in [0, 0.1) is 0 Å². The molecule has 6 aromatic rings. The molecule has 42 heavy (non-hydrogen) atoms. The zero-order valence-electron chi connectivity index (χ0n) is 24.2. The number of aromatic nitrogens is 3. The Kier molecular flexibility index (Phi) is 7.77. The van der Waals surface area contributed by atoms with Crippen molar-refractivity contribution >= 4 is 22.5 Å². The lowest BCUT2D eigenvalue weighted by Gasteiger charge is -2.19. The number of hydrogen-bond acceptors (Lipinski definition) is 5. The van der Waals surface area contributed by atoms with E-state index in [1.54, 1.807) is 11.8 Å². The normalized spacial score (nSPS) is 11.5. The van der Waals surface area contributed by atoms with Crippen molar-refractivity contribution in [1.82, 2.24) is 15.0 Å². The van der Waals surface area contributed by atoms with Gasteiger partial charge in [0.25, 0.3) is 0 Å². The quantitative estimate of drug-likeness (QED) is 0.208. The molecule has 1 N–H and O–H groups in total. The molecule has 2 aromatic heterocycles. The van der Waals surface area contributed by atoms with E-state index in [-0.39, 0.29) is 11.7 Å². The summed E-state index contributed by atoms with van der Waals surface area (Å²) in [6.45, 7) is 8.57. The maximum absolute atomic E-state index is 11.6. The zero-order valence-corrected chi connectivity index (χ0v) is 25.1. The summed E-state index contributed by atoms with van der Waals surface area (Å²) in [5.41, 5.74) is 6.88. The third-order valence-corrected chi connectivity index (χ3v) is 8.51. The third kappa shape index (κ3) is 5.53. The largest absolute Gasteiger partial charge is 0.507 e. The van der Waals surface area contributed by atoms with Gasteiger partial charge in [-0.05, 0) is 52.6 Å². The Balaban J connectivity index is 1.49. The van der Waals surface area contributed by atoms with Crippen molar-refractivity contribution in [1.29, 1.82) is 0 Å². The number of nitrogens with zero attached hydrogens (tertiary/aromatic N) is 3. The van der Waals surface area contributed by atoms with Crippen LogP contribution < -0.4 is 0 Å². The third-order valence-electron chi connectivity index (χ3n) is 7.51. The molecule has 0 fully saturated rings. The monoisotopic (exact) mass is 567 g/mol. The maximum Gasteiger partial charge on any atom is 0.128 e. The van der Waals surface area contributed by atoms with E-state index in [2.05, 4.69) is 75.1 Å². The SMILES string of the molecule is CC(C)c1cc(-c2nc(-c3cccc(Sc4nccc5ccccc45)c3)cnc2-c2ccccc2)c(O)c(C(C)C)c1. The molecule has 5 heteroatoms. The highest BCUT2D eigenvalue weighted by molar-refractivity contribution is 7.99. The summed E-state index contributed by atoms with van der Waals surface area (Å²) in [4.78, 5) is 15.9. The lowest BCUT2D eigenvalue weighted by Crippen LogP contribution is -2.01. The Morgan fingerprint density at radius 2 is 1.45 bits per heavy atom. The molecule has 0 radical (unpaired) electrons. The maximum atomic E-state index is 11.6. The van der Waals surface area contributed by atoms with Crippen LogP contribution in [0.4, 0.5) is 0 Å². The van der Waals surface area contributed by atoms with Gasteiger partial charge in [0, 0.05) is 33.2 Å². The van der Waals surface area contributed by atoms with Crippen molar-refractivity contribution in [2.45, 2.75) is 49.5 Å². The lowest BCUT2D eigenvalue weighted by atomic mass is 9.90. The predicted octanol–water partition coefficient (Wildman–Crippen LogP) is 10.1. The fourth-order valence-corrected chi connectivity index (χ4v) is 6.13. The van der Waals surface area contributed by atoms with Gasteiger partial charge in [0.15, 0.2) is 0 Å². The van der Waals surface area contributed by atoms with E-state index in [1.165, 1.54) is 10.9 Å². The van der Waals surface area contributed by atoms with Crippen LogP contribution in [0.25, 0.3) is 44.5 Å². The molecule has 0 saturated heterocycles. The number of phenolic OH excluding ortho intramolecular Hbond substituents is 1. The van der Waals surface area contributed by atoms with Crippen LogP contribution in [-0.4, -0.2) is 20.1 Å². The molecule has 0 aliphatic heterocycles. The average molecular weight is 568 g/mol. The minimum absolute atomic E-state index is 0.162. The number of aromatic hydroxyl groups is 1. The Morgan fingerprint density at radius 1 is 0.690 bits per heavy atom. The molecule has 0 bridgehead atoms. The number of hydrogen-bond donors (Lipinski definition) is 1. The zero-order chi connectivity index (χ0) is 29.2. The Hall–Kier alpha value is -4.48. The Bertz CT molecular complexity index is 1880. The first-order valence-electron chi connectivity index (χ1n) is 14.3. The molecule has 0 atom stereocenters. The number of fused-ring (bicyclic) bond motifs is 1. The highest BCUT2D eigenvalue weighted by atomic mass is 32.2. The van der Waals surface area contributed by atoms with Crippen LogP contribution in [0.15, 0.2) is 119 Å². The Morgan fingerprint density at radius 3 is 2.24 bits per heavy atom. The van der Waals surface area contributed by atoms with Crippen LogP contribution in [0.3, 0.4) is 0 Å². The minimum atomic E-state index is 0.162. The fourth-order valence-electron chi connectivity index (χ4n) is 5.16. The fraction of sp³-hybridized carbons (Fsp3) is 0.162. The van der Waals surface area contributed by atoms with Crippen molar-refractivity contribution < 1.29 is 5.11 Å². The van der Waals surface area contributed by atoms with Crippen LogP contribution >= 0.6 is 11.8 Å². The average Bonchev–Trinajstić information content (AvgIpc) is 3.01. The van der Waals surface area contributed by atoms with Gasteiger partial charge in [-0.25, -0.2) is 9.97 Å². The Labute approximate surface area is 251 Å². The van der Waals surface area contributed by atoms with E-state index in [0.717, 1.165) is 43.4 Å². The number of rotatable bonds is 7. The molecule has 0 spiro atoms. The van der Waals surface area contributed by atoms with Gasteiger partial charge in [-0.15, -0.1) is 0 Å². The molecule has 4 nitrogen and oxygen atoms in total. The van der Waals surface area contributed by atoms with Crippen molar-refractivity contribution in [3.63, 3.8) is 0 Å². The van der Waals surface area contributed by atoms with E-state index in [0.29, 0.717) is 17.2 Å². The minimum Gasteiger partial charge on any atom is -0.507 e. The van der Waals surface area contributed by atoms with E-state index in [9.17, 15) is 5.11 Å². The molecule has 0 unspecified atom stereocenters. The second-order valence-electron chi connectivity index (χ2n) is 11.1. The van der Waals surface area contributed by atoms with E-state index in [1.807, 2.05) is 67.0 Å². The van der Waals surface area contributed by atoms with Gasteiger partial charge >= 0.3 is 0 Å². The van der Waals surface area contributed by atoms with E-state index >= 15 is 0 Å². The highest BCUT2D eigenvalue weighted by Crippen LogP contribution is 2.42. The van der Waals surface area contributed by atoms with E-state index < -0.39 is 0 Å². The smallest absolute Gasteiger partial charge is 0.128 e. The summed E-state index contributed by atoms with van der Waals surface area (Å²) in [5, 5.41) is 14.8. The standard InChI is InChI=1S/C37H33N3OS/c1-23(2)28-20-31(24(3)4)36(41)32(21-28)35-34(26-12-6-5-7-13-26)39-22-33(40-35)27-14-10-15-29(19-27)42-37-30-16-9-8-11-25(30)17-18-38-37/h5-24,41H,1-4H3. The summed E-state index contributed by atoms with van der Waals surface area (Å²) < 4.78 is 0. The van der Waals surface area contributed by atoms with Crippen LogP contribution in [-0.2, 0) is 0 Å². The first-order valence-corrected chi connectivity index (χ1v) is 15.1. The van der Waals surface area contributed by atoms with Crippen molar-refractivity contribution in [3.8, 4) is 39.5 Å². The van der Waals surface area contributed by atoms with Crippen LogP contribution in [0.2, 0.25) is 0 Å². The first-order chi connectivity index (χ1) is 20.4. The van der Waals surface area contributed by atoms with Gasteiger partial charge in [-0.3, -0.25) is 4.98 Å². The predicted molar refractivity (Wildman–Crippen MR) is 174 cm³/mol. The van der Waals surface area contributed by atoms with Crippen molar-refractivity contribution in [2.75, 3.05) is 0 Å². The van der Waals surface area contributed by atoms with Crippen LogP contribution in [0.5, 0.6) is 5.75 Å². The summed E-state index contributed by atoms with van der Waals surface area (Å²) in [6.07, 6.45) is 3.69. The lowest BCUT2D eigenvalue weighted by molar-refractivity contribution is 0.466. The van der Waals surface area contributed by atoms with Gasteiger partial charge < -0.3 is 5.11 Å². The summed E-state index contributed by atoms with van der Waals surface area (Å²) in [5.74, 6) is 0.731. The van der Waals surface area contributed by atoms with Gasteiger partial charge in [-0.1, -0.05) is 112 Å². The van der Waals surface area contributed by atoms with E-state index in [4.69, 9.17) is 9.97 Å². The molecule has 2 heterocycles. The summed E-state index contributed by atoms with van der Waals surface area (Å²) in [6, 6.07) is 32.9. The van der Waals surface area contributed by atoms with Crippen molar-refractivity contribution in [2.24, 2.45) is 0 Å². The molecule has 6 rings (SSSR count). The molecule has 0 saturated carbocycles. The number of benzene rings is 4. The summed E-state index contributed by atoms with van der Waals surface area (Å²) in [7, 11) is 0. The molecular formula is C37H33N3OS.